The van der Waals surface area contributed by atoms with Gasteiger partial charge in [0.15, 0.2) is 0 Å². The first-order chi connectivity index (χ1) is 11.9. The van der Waals surface area contributed by atoms with Crippen LogP contribution in [0.3, 0.4) is 0 Å². The predicted octanol–water partition coefficient (Wildman–Crippen LogP) is 3.11. The van der Waals surface area contributed by atoms with Gasteiger partial charge in [0.05, 0.1) is 17.8 Å². The molecule has 2 rings (SSSR count). The van der Waals surface area contributed by atoms with Gasteiger partial charge in [-0.15, -0.1) is 11.3 Å². The molecule has 0 saturated carbocycles. The van der Waals surface area contributed by atoms with Crippen molar-refractivity contribution in [2.75, 3.05) is 31.5 Å². The second kappa shape index (κ2) is 8.59. The van der Waals surface area contributed by atoms with Gasteiger partial charge < -0.3 is 20.1 Å². The number of hydrogen-bond acceptors (Lipinski definition) is 6. The fourth-order valence-corrected chi connectivity index (χ4v) is 2.86. The highest BCUT2D eigenvalue weighted by Crippen LogP contribution is 2.28. The van der Waals surface area contributed by atoms with Gasteiger partial charge in [0.25, 0.3) is 5.91 Å². The first-order valence-corrected chi connectivity index (χ1v) is 8.56. The van der Waals surface area contributed by atoms with Gasteiger partial charge in [0, 0.05) is 30.2 Å². The minimum Gasteiger partial charge on any atom is -0.494 e. The van der Waals surface area contributed by atoms with Crippen LogP contribution in [0.4, 0.5) is 11.4 Å². The molecule has 0 radical (unpaired) electrons. The van der Waals surface area contributed by atoms with Gasteiger partial charge in [-0.1, -0.05) is 13.8 Å². The van der Waals surface area contributed by atoms with E-state index in [1.165, 1.54) is 25.6 Å². The number of ether oxygens (including phenoxy) is 2. The highest BCUT2D eigenvalue weighted by molar-refractivity contribution is 7.09. The molecular formula is C17H21N3O4S. The number of hydrogen-bond donors (Lipinski definition) is 2. The number of rotatable bonds is 7. The Kier molecular flexibility index (Phi) is 6.49. The molecule has 134 valence electrons. The largest absolute Gasteiger partial charge is 0.494 e. The second-order valence-corrected chi connectivity index (χ2v) is 6.47. The first-order valence-electron chi connectivity index (χ1n) is 7.68. The Balaban J connectivity index is 2.11. The quantitative estimate of drug-likeness (QED) is 0.789. The highest BCUT2D eigenvalue weighted by atomic mass is 32.1. The van der Waals surface area contributed by atoms with Crippen LogP contribution in [0.25, 0.3) is 0 Å². The van der Waals surface area contributed by atoms with E-state index in [9.17, 15) is 9.59 Å². The van der Waals surface area contributed by atoms with Gasteiger partial charge in [0.1, 0.15) is 18.1 Å². The average Bonchev–Trinajstić information content (AvgIpc) is 3.07. The number of nitrogens with one attached hydrogen (secondary N) is 2. The number of carbonyl (C=O) groups excluding carboxylic acids is 2. The molecule has 0 bridgehead atoms. The SMILES string of the molecule is COCC(=O)Nc1ccc(NC(=O)c2csc(C(C)C)n2)cc1OC. The molecule has 2 N–H and O–H groups in total. The van der Waals surface area contributed by atoms with Gasteiger partial charge in [-0.2, -0.15) is 0 Å². The molecule has 0 unspecified atom stereocenters. The third-order valence-corrected chi connectivity index (χ3v) is 4.40. The molecule has 25 heavy (non-hydrogen) atoms. The zero-order valence-corrected chi connectivity index (χ0v) is 15.4. The van der Waals surface area contributed by atoms with E-state index in [1.54, 1.807) is 23.6 Å². The summed E-state index contributed by atoms with van der Waals surface area (Å²) < 4.78 is 10.0. The maximum atomic E-state index is 12.3. The summed E-state index contributed by atoms with van der Waals surface area (Å²) in [6, 6.07) is 4.97. The minimum absolute atomic E-state index is 0.0519. The van der Waals surface area contributed by atoms with Crippen LogP contribution in [-0.4, -0.2) is 37.6 Å². The summed E-state index contributed by atoms with van der Waals surface area (Å²) in [6.45, 7) is 4.01. The van der Waals surface area contributed by atoms with Crippen LogP contribution < -0.4 is 15.4 Å². The van der Waals surface area contributed by atoms with E-state index in [2.05, 4.69) is 15.6 Å². The predicted molar refractivity (Wildman–Crippen MR) is 97.7 cm³/mol. The van der Waals surface area contributed by atoms with Gasteiger partial charge >= 0.3 is 0 Å². The monoisotopic (exact) mass is 363 g/mol. The van der Waals surface area contributed by atoms with Crippen LogP contribution >= 0.6 is 11.3 Å². The Hall–Kier alpha value is -2.45. The summed E-state index contributed by atoms with van der Waals surface area (Å²) in [7, 11) is 2.93. The summed E-state index contributed by atoms with van der Waals surface area (Å²) >= 11 is 1.46. The second-order valence-electron chi connectivity index (χ2n) is 5.58. The van der Waals surface area contributed by atoms with Crippen LogP contribution in [0, 0.1) is 0 Å². The summed E-state index contributed by atoms with van der Waals surface area (Å²) in [5.74, 6) is 0.132. The lowest BCUT2D eigenvalue weighted by molar-refractivity contribution is -0.119. The van der Waals surface area contributed by atoms with E-state index in [1.807, 2.05) is 13.8 Å². The molecule has 8 heteroatoms. The highest BCUT2D eigenvalue weighted by Gasteiger charge is 2.14. The van der Waals surface area contributed by atoms with Crippen molar-refractivity contribution in [1.29, 1.82) is 0 Å². The molecule has 1 aromatic heterocycles. The Morgan fingerprint density at radius 2 is 2.00 bits per heavy atom. The zero-order valence-electron chi connectivity index (χ0n) is 14.6. The van der Waals surface area contributed by atoms with E-state index >= 15 is 0 Å². The Bertz CT molecular complexity index is 758. The molecule has 1 aromatic carbocycles. The molecule has 0 fully saturated rings. The van der Waals surface area contributed by atoms with Gasteiger partial charge in [-0.05, 0) is 12.1 Å². The molecule has 2 amide bonds. The smallest absolute Gasteiger partial charge is 0.275 e. The lowest BCUT2D eigenvalue weighted by Crippen LogP contribution is -2.18. The van der Waals surface area contributed by atoms with Gasteiger partial charge in [0.2, 0.25) is 5.91 Å². The topological polar surface area (TPSA) is 89.6 Å². The molecule has 0 aliphatic rings. The third-order valence-electron chi connectivity index (χ3n) is 3.26. The summed E-state index contributed by atoms with van der Waals surface area (Å²) in [4.78, 5) is 28.3. The van der Waals surface area contributed by atoms with E-state index in [-0.39, 0.29) is 24.3 Å². The maximum absolute atomic E-state index is 12.3. The van der Waals surface area contributed by atoms with Crippen molar-refractivity contribution in [2.45, 2.75) is 19.8 Å². The molecule has 1 heterocycles. The minimum atomic E-state index is -0.290. The van der Waals surface area contributed by atoms with Crippen LogP contribution in [0.2, 0.25) is 0 Å². The number of anilines is 2. The zero-order chi connectivity index (χ0) is 18.4. The van der Waals surface area contributed by atoms with Gasteiger partial charge in [-0.3, -0.25) is 9.59 Å². The molecule has 0 saturated heterocycles. The van der Waals surface area contributed by atoms with Crippen molar-refractivity contribution in [2.24, 2.45) is 0 Å². The van der Waals surface area contributed by atoms with Crippen molar-refractivity contribution in [1.82, 2.24) is 4.98 Å². The van der Waals surface area contributed by atoms with Crippen molar-refractivity contribution in [3.8, 4) is 5.75 Å². The lowest BCUT2D eigenvalue weighted by atomic mass is 10.2. The number of amides is 2. The van der Waals surface area contributed by atoms with E-state index in [0.717, 1.165) is 5.01 Å². The van der Waals surface area contributed by atoms with Crippen molar-refractivity contribution in [3.05, 3.63) is 34.3 Å². The van der Waals surface area contributed by atoms with E-state index in [0.29, 0.717) is 22.8 Å². The number of nitrogens with zero attached hydrogens (tertiary/aromatic N) is 1. The van der Waals surface area contributed by atoms with Crippen molar-refractivity contribution < 1.29 is 19.1 Å². The van der Waals surface area contributed by atoms with Gasteiger partial charge in [-0.25, -0.2) is 4.98 Å². The molecule has 7 nitrogen and oxygen atoms in total. The summed E-state index contributed by atoms with van der Waals surface area (Å²) in [6.07, 6.45) is 0. The summed E-state index contributed by atoms with van der Waals surface area (Å²) in [5.41, 5.74) is 1.43. The number of methoxy groups -OCH3 is 2. The first kappa shape index (κ1) is 18.9. The molecule has 0 aliphatic heterocycles. The Labute approximate surface area is 150 Å². The number of benzene rings is 1. The standard InChI is InChI=1S/C17H21N3O4S/c1-10(2)17-20-13(9-25-17)16(22)18-11-5-6-12(14(7-11)24-4)19-15(21)8-23-3/h5-7,9-10H,8H2,1-4H3,(H,18,22)(H,19,21). The fraction of sp³-hybridized carbons (Fsp3) is 0.353. The normalized spacial score (nSPS) is 10.6. The summed E-state index contributed by atoms with van der Waals surface area (Å²) in [5, 5.41) is 8.11. The van der Waals surface area contributed by atoms with Crippen LogP contribution in [-0.2, 0) is 9.53 Å². The van der Waals surface area contributed by atoms with Crippen LogP contribution in [0.1, 0.15) is 35.3 Å². The molecule has 0 aliphatic carbocycles. The van der Waals surface area contributed by atoms with E-state index in [4.69, 9.17) is 9.47 Å². The van der Waals surface area contributed by atoms with Crippen LogP contribution in [0.15, 0.2) is 23.6 Å². The fourth-order valence-electron chi connectivity index (χ4n) is 2.04. The number of carbonyl (C=O) groups is 2. The number of thiazole rings is 1. The van der Waals surface area contributed by atoms with Crippen molar-refractivity contribution in [3.63, 3.8) is 0 Å². The lowest BCUT2D eigenvalue weighted by Gasteiger charge is -2.12. The Morgan fingerprint density at radius 1 is 1.24 bits per heavy atom. The third kappa shape index (κ3) is 5.01. The number of aromatic nitrogens is 1. The van der Waals surface area contributed by atoms with E-state index < -0.39 is 0 Å². The molecule has 0 atom stereocenters. The molecule has 0 spiro atoms. The van der Waals surface area contributed by atoms with Crippen molar-refractivity contribution >= 4 is 34.5 Å². The van der Waals surface area contributed by atoms with Crippen LogP contribution in [0.5, 0.6) is 5.75 Å². The average molecular weight is 363 g/mol. The Morgan fingerprint density at radius 3 is 2.60 bits per heavy atom. The molecule has 2 aromatic rings. The maximum Gasteiger partial charge on any atom is 0.275 e. The molecular weight excluding hydrogens is 342 g/mol.